The molecule has 84 heavy (non-hydrogen) atoms. The molecule has 0 bridgehead atoms. The smallest absolute Gasteiger partial charge is 0.306 e. The molecule has 0 unspecified atom stereocenters. The van der Waals surface area contributed by atoms with Gasteiger partial charge in [-0.1, -0.05) is 90.9 Å². The normalized spacial score (nSPS) is 12.4. The highest BCUT2D eigenvalue weighted by atomic mass is 32.2. The molecule has 8 N–H and O–H groups in total. The van der Waals surface area contributed by atoms with E-state index in [9.17, 15) is 33.9 Å². The summed E-state index contributed by atoms with van der Waals surface area (Å²) in [7, 11) is 0. The van der Waals surface area contributed by atoms with E-state index >= 15 is 0 Å². The molecule has 0 aromatic carbocycles. The number of aliphatic hydroxyl groups is 1. The number of carbonyl (C=O) groups is 6. The standard InChI is InChI=1S/C57H109N5O21S/c1-3-5-6-7-8-9-10-11-12-13-14-15-16-17-55(67)83-49(46-82-54(66)4-2)47-84-48-50(58)56(68)62-51(45-63)57(69)60-19-21-71-23-25-73-27-29-75-31-33-77-35-37-79-39-41-81-43-42-80-40-38-78-36-34-76-32-30-74-28-26-72-24-22-70-20-18-53(65)61-44-52(59)64/h49-51,63H,3-48,58H2,1-2H3,(H2,59,64)(H,60,69)(H,61,65)(H,62,68)/t49-,50+,51+/m1/s1. The number of primary amides is 1. The molecule has 0 aliphatic rings. The first-order chi connectivity index (χ1) is 41.0. The first-order valence-electron chi connectivity index (χ1n) is 30.4. The van der Waals surface area contributed by atoms with Gasteiger partial charge < -0.3 is 98.8 Å². The monoisotopic (exact) mass is 1230 g/mol. The lowest BCUT2D eigenvalue weighted by Gasteiger charge is -2.20. The van der Waals surface area contributed by atoms with Crippen molar-refractivity contribution in [3.8, 4) is 0 Å². The Hall–Kier alpha value is -3.39. The number of hydrogen-bond donors (Lipinski definition) is 6. The first kappa shape index (κ1) is 80.6. The van der Waals surface area contributed by atoms with Crippen LogP contribution in [-0.2, 0) is 95.1 Å². The predicted molar refractivity (Wildman–Crippen MR) is 315 cm³/mol. The maximum atomic E-state index is 12.8. The fourth-order valence-corrected chi connectivity index (χ4v) is 8.11. The fourth-order valence-electron chi connectivity index (χ4n) is 7.14. The second kappa shape index (κ2) is 64.1. The zero-order valence-electron chi connectivity index (χ0n) is 50.9. The van der Waals surface area contributed by atoms with Crippen molar-refractivity contribution >= 4 is 47.3 Å². The number of carbonyl (C=O) groups excluding carboxylic acids is 6. The van der Waals surface area contributed by atoms with Crippen molar-refractivity contribution in [2.75, 3.05) is 196 Å². The Morgan fingerprint density at radius 3 is 1.21 bits per heavy atom. The summed E-state index contributed by atoms with van der Waals surface area (Å²) in [4.78, 5) is 72.0. The lowest BCUT2D eigenvalue weighted by atomic mass is 10.0. The summed E-state index contributed by atoms with van der Waals surface area (Å²) in [6.45, 7) is 12.6. The molecule has 0 aliphatic carbocycles. The summed E-state index contributed by atoms with van der Waals surface area (Å²) in [5, 5.41) is 17.3. The number of thioether (sulfide) groups is 1. The molecule has 0 heterocycles. The van der Waals surface area contributed by atoms with E-state index in [1.807, 2.05) is 0 Å². The van der Waals surface area contributed by atoms with Crippen molar-refractivity contribution < 1.29 is 100 Å². The molecule has 26 nitrogen and oxygen atoms in total. The van der Waals surface area contributed by atoms with E-state index in [1.54, 1.807) is 6.92 Å². The number of rotatable bonds is 67. The third-order valence-corrected chi connectivity index (χ3v) is 13.0. The molecule has 0 aromatic rings. The highest BCUT2D eigenvalue weighted by Crippen LogP contribution is 2.15. The van der Waals surface area contributed by atoms with Crippen molar-refractivity contribution in [2.24, 2.45) is 11.5 Å². The van der Waals surface area contributed by atoms with Crippen LogP contribution in [0.2, 0.25) is 0 Å². The van der Waals surface area contributed by atoms with E-state index in [0.29, 0.717) is 139 Å². The largest absolute Gasteiger partial charge is 0.462 e. The number of hydrogen-bond acceptors (Lipinski definition) is 23. The van der Waals surface area contributed by atoms with Gasteiger partial charge in [-0.05, 0) is 6.42 Å². The molecule has 0 aromatic heterocycles. The summed E-state index contributed by atoms with van der Waals surface area (Å²) in [5.74, 6) is -2.53. The van der Waals surface area contributed by atoms with Gasteiger partial charge in [-0.15, -0.1) is 0 Å². The number of nitrogens with one attached hydrogen (secondary N) is 3. The maximum Gasteiger partial charge on any atom is 0.306 e. The number of esters is 2. The Bertz CT molecular complexity index is 1550. The van der Waals surface area contributed by atoms with Crippen LogP contribution in [0.3, 0.4) is 0 Å². The zero-order valence-corrected chi connectivity index (χ0v) is 51.8. The number of amides is 4. The van der Waals surface area contributed by atoms with E-state index < -0.39 is 48.5 Å². The van der Waals surface area contributed by atoms with Crippen molar-refractivity contribution in [1.29, 1.82) is 0 Å². The summed E-state index contributed by atoms with van der Waals surface area (Å²) >= 11 is 1.25. The van der Waals surface area contributed by atoms with Crippen LogP contribution in [0.15, 0.2) is 0 Å². The molecular formula is C57H109N5O21S. The van der Waals surface area contributed by atoms with Crippen LogP contribution in [0.5, 0.6) is 0 Å². The number of ether oxygens (including phenoxy) is 14. The van der Waals surface area contributed by atoms with Gasteiger partial charge in [-0.2, -0.15) is 11.8 Å². The third kappa shape index (κ3) is 59.0. The Morgan fingerprint density at radius 2 is 0.833 bits per heavy atom. The zero-order chi connectivity index (χ0) is 61.5. The molecule has 0 radical (unpaired) electrons. The van der Waals surface area contributed by atoms with Crippen molar-refractivity contribution in [3.05, 3.63) is 0 Å². The molecule has 4 amide bonds. The average molecular weight is 1230 g/mol. The van der Waals surface area contributed by atoms with Crippen LogP contribution in [0, 0.1) is 0 Å². The van der Waals surface area contributed by atoms with Crippen LogP contribution >= 0.6 is 11.8 Å². The molecule has 494 valence electrons. The molecule has 0 saturated heterocycles. The molecule has 0 spiro atoms. The lowest BCUT2D eigenvalue weighted by Crippen LogP contribution is -2.54. The summed E-state index contributed by atoms with van der Waals surface area (Å²) in [6, 6.07) is -2.25. The molecule has 3 atom stereocenters. The summed E-state index contributed by atoms with van der Waals surface area (Å²) in [6.07, 6.45) is 15.5. The topological polar surface area (TPSA) is 340 Å². The molecule has 27 heteroatoms. The minimum absolute atomic E-state index is 0.102. The second-order valence-electron chi connectivity index (χ2n) is 19.2. The highest BCUT2D eigenvalue weighted by Gasteiger charge is 2.24. The summed E-state index contributed by atoms with van der Waals surface area (Å²) < 4.78 is 76.5. The van der Waals surface area contributed by atoms with Gasteiger partial charge in [0.15, 0.2) is 0 Å². The maximum absolute atomic E-state index is 12.8. The van der Waals surface area contributed by atoms with Gasteiger partial charge in [0.2, 0.25) is 23.6 Å². The second-order valence-corrected chi connectivity index (χ2v) is 20.2. The van der Waals surface area contributed by atoms with Crippen LogP contribution in [0.25, 0.3) is 0 Å². The van der Waals surface area contributed by atoms with E-state index in [1.165, 1.54) is 69.5 Å². The first-order valence-corrected chi connectivity index (χ1v) is 31.5. The van der Waals surface area contributed by atoms with Gasteiger partial charge in [-0.3, -0.25) is 28.8 Å². The van der Waals surface area contributed by atoms with E-state index in [-0.39, 0.29) is 82.2 Å². The average Bonchev–Trinajstić information content (AvgIpc) is 3.51. The Morgan fingerprint density at radius 1 is 0.452 bits per heavy atom. The van der Waals surface area contributed by atoms with Gasteiger partial charge in [0, 0.05) is 37.3 Å². The van der Waals surface area contributed by atoms with Gasteiger partial charge in [0.25, 0.3) is 0 Å². The van der Waals surface area contributed by atoms with Gasteiger partial charge in [-0.25, -0.2) is 0 Å². The third-order valence-electron chi connectivity index (χ3n) is 11.8. The Labute approximate surface area is 504 Å². The molecule has 0 saturated carbocycles. The SMILES string of the molecule is CCCCCCCCCCCCCCCC(=O)O[C@H](COC(=O)CC)CSC[C@H](N)C(=O)N[C@@H](CO)C(=O)NCCOCCOCCOCCOCCOCCOCCOCCOCCOCCOCCOCCOCCC(=O)NCC(N)=O. The van der Waals surface area contributed by atoms with Crippen LogP contribution in [-0.4, -0.2) is 255 Å². The van der Waals surface area contributed by atoms with Crippen molar-refractivity contribution in [3.63, 3.8) is 0 Å². The van der Waals surface area contributed by atoms with Gasteiger partial charge >= 0.3 is 11.9 Å². The quantitative estimate of drug-likeness (QED) is 0.0375. The summed E-state index contributed by atoms with van der Waals surface area (Å²) in [5.41, 5.74) is 11.1. The number of nitrogens with two attached hydrogens (primary N) is 2. The minimum atomic E-state index is -1.22. The van der Waals surface area contributed by atoms with Crippen molar-refractivity contribution in [2.45, 2.75) is 135 Å². The van der Waals surface area contributed by atoms with Crippen LogP contribution in [0.1, 0.15) is 117 Å². The van der Waals surface area contributed by atoms with Crippen molar-refractivity contribution in [1.82, 2.24) is 16.0 Å². The molecule has 0 rings (SSSR count). The fraction of sp³-hybridized carbons (Fsp3) is 0.895. The number of unbranched alkanes of at least 4 members (excludes halogenated alkanes) is 12. The van der Waals surface area contributed by atoms with Crippen LogP contribution in [0.4, 0.5) is 0 Å². The van der Waals surface area contributed by atoms with E-state index in [0.717, 1.165) is 25.7 Å². The van der Waals surface area contributed by atoms with Crippen LogP contribution < -0.4 is 27.4 Å². The van der Waals surface area contributed by atoms with E-state index in [2.05, 4.69) is 22.9 Å². The molecule has 0 fully saturated rings. The predicted octanol–water partition coefficient (Wildman–Crippen LogP) is 2.18. The Balaban J connectivity index is 3.70. The molecule has 0 aliphatic heterocycles. The molecular weight excluding hydrogens is 1120 g/mol. The minimum Gasteiger partial charge on any atom is -0.462 e. The Kier molecular flexibility index (Phi) is 61.5. The highest BCUT2D eigenvalue weighted by molar-refractivity contribution is 7.99. The van der Waals surface area contributed by atoms with Gasteiger partial charge in [0.05, 0.1) is 178 Å². The number of aliphatic hydroxyl groups excluding tert-OH is 1. The van der Waals surface area contributed by atoms with Gasteiger partial charge in [0.1, 0.15) is 18.8 Å². The lowest BCUT2D eigenvalue weighted by molar-refractivity contribution is -0.157. The van der Waals surface area contributed by atoms with E-state index in [4.69, 9.17) is 77.8 Å².